The van der Waals surface area contributed by atoms with Gasteiger partial charge in [0.25, 0.3) is 5.91 Å². The van der Waals surface area contributed by atoms with Crippen molar-refractivity contribution in [2.24, 2.45) is 5.73 Å². The van der Waals surface area contributed by atoms with E-state index >= 15 is 0 Å². The van der Waals surface area contributed by atoms with Crippen molar-refractivity contribution < 1.29 is 17.6 Å². The maximum absolute atomic E-state index is 14.2. The number of nitrogens with zero attached hydrogens (tertiary/aromatic N) is 2. The fraction of sp³-hybridized carbons (Fsp3) is 0.273. The van der Waals surface area contributed by atoms with E-state index in [1.165, 1.54) is 6.20 Å². The zero-order valence-electron chi connectivity index (χ0n) is 17.0. The van der Waals surface area contributed by atoms with Gasteiger partial charge >= 0.3 is 0 Å². The molecule has 3 aromatic rings. The molecule has 7 nitrogen and oxygen atoms in total. The van der Waals surface area contributed by atoms with Crippen molar-refractivity contribution in [3.05, 3.63) is 48.3 Å². The summed E-state index contributed by atoms with van der Waals surface area (Å²) in [5.74, 6) is -0.642. The van der Waals surface area contributed by atoms with E-state index in [0.29, 0.717) is 24.0 Å². The van der Waals surface area contributed by atoms with Crippen LogP contribution in [0.3, 0.4) is 0 Å². The SMILES string of the molecule is C#C.CS(=O)(=O)c1ccc(-c2cc3c(N[C@@H]4CCC[C@@H]4F)c(C(N)=O)cnn3c2)cc1. The molecule has 0 spiro atoms. The van der Waals surface area contributed by atoms with Gasteiger partial charge in [-0.15, -0.1) is 12.8 Å². The number of nitrogens with two attached hydrogens (primary N) is 1. The summed E-state index contributed by atoms with van der Waals surface area (Å²) in [6.07, 6.45) is 13.3. The predicted molar refractivity (Wildman–Crippen MR) is 118 cm³/mol. The number of sulfone groups is 1. The average Bonchev–Trinajstić information content (AvgIpc) is 3.35. The van der Waals surface area contributed by atoms with Crippen LogP contribution >= 0.6 is 0 Å². The molecular weight excluding hydrogens is 419 g/mol. The molecule has 162 valence electrons. The van der Waals surface area contributed by atoms with Crippen LogP contribution in [0.2, 0.25) is 0 Å². The smallest absolute Gasteiger partial charge is 0.252 e. The van der Waals surface area contributed by atoms with Gasteiger partial charge in [0, 0.05) is 18.0 Å². The number of primary amides is 1. The molecule has 2 heterocycles. The van der Waals surface area contributed by atoms with Crippen molar-refractivity contribution in [3.63, 3.8) is 0 Å². The largest absolute Gasteiger partial charge is 0.377 e. The normalized spacial score (nSPS) is 18.3. The van der Waals surface area contributed by atoms with E-state index in [0.717, 1.165) is 23.8 Å². The molecule has 2 aromatic heterocycles. The number of carbonyl (C=O) groups excluding carboxylic acids is 1. The lowest BCUT2D eigenvalue weighted by molar-refractivity contribution is 0.100. The van der Waals surface area contributed by atoms with Gasteiger partial charge in [0.1, 0.15) is 6.17 Å². The first-order valence-electron chi connectivity index (χ1n) is 9.59. The second-order valence-electron chi connectivity index (χ2n) is 7.35. The van der Waals surface area contributed by atoms with Crippen LogP contribution in [0.5, 0.6) is 0 Å². The van der Waals surface area contributed by atoms with Crippen LogP contribution in [0.1, 0.15) is 29.6 Å². The van der Waals surface area contributed by atoms with Crippen LogP contribution in [0, 0.1) is 12.8 Å². The number of amides is 1. The molecule has 31 heavy (non-hydrogen) atoms. The fourth-order valence-corrected chi connectivity index (χ4v) is 4.34. The van der Waals surface area contributed by atoms with Gasteiger partial charge in [0.15, 0.2) is 9.84 Å². The Kier molecular flexibility index (Phi) is 6.32. The quantitative estimate of drug-likeness (QED) is 0.591. The van der Waals surface area contributed by atoms with E-state index in [2.05, 4.69) is 23.3 Å². The number of rotatable bonds is 5. The molecule has 1 saturated carbocycles. The number of alkyl halides is 1. The summed E-state index contributed by atoms with van der Waals surface area (Å²) in [4.78, 5) is 12.1. The van der Waals surface area contributed by atoms with Crippen molar-refractivity contribution in [1.29, 1.82) is 0 Å². The molecule has 4 rings (SSSR count). The minimum Gasteiger partial charge on any atom is -0.377 e. The first-order valence-corrected chi connectivity index (χ1v) is 11.5. The third-order valence-corrected chi connectivity index (χ3v) is 6.41. The Morgan fingerprint density at radius 2 is 1.90 bits per heavy atom. The molecule has 0 saturated heterocycles. The Bertz CT molecular complexity index is 1230. The van der Waals surface area contributed by atoms with Crippen LogP contribution in [0.25, 0.3) is 16.6 Å². The van der Waals surface area contributed by atoms with Gasteiger partial charge in [-0.25, -0.2) is 17.3 Å². The summed E-state index contributed by atoms with van der Waals surface area (Å²) >= 11 is 0. The third kappa shape index (κ3) is 4.54. The standard InChI is InChI=1S/C20H21FN4O3S.C2H2/c1-29(27,28)14-7-5-12(6-8-14)13-9-18-19(24-17-4-2-3-16(17)21)15(20(22)26)10-23-25(18)11-13;1-2/h5-11,16-17,24H,2-4H2,1H3,(H2,22,26);1-2H/t16-,17+;/m0./s1. The second kappa shape index (κ2) is 8.78. The fourth-order valence-electron chi connectivity index (χ4n) is 3.71. The lowest BCUT2D eigenvalue weighted by Gasteiger charge is -2.19. The maximum atomic E-state index is 14.2. The lowest BCUT2D eigenvalue weighted by atomic mass is 10.1. The maximum Gasteiger partial charge on any atom is 0.252 e. The van der Waals surface area contributed by atoms with Gasteiger partial charge in [-0.2, -0.15) is 5.10 Å². The minimum absolute atomic E-state index is 0.202. The van der Waals surface area contributed by atoms with Crippen LogP contribution in [0.15, 0.2) is 47.6 Å². The molecule has 0 radical (unpaired) electrons. The van der Waals surface area contributed by atoms with E-state index in [1.54, 1.807) is 35.0 Å². The number of benzene rings is 1. The van der Waals surface area contributed by atoms with Gasteiger partial charge in [-0.1, -0.05) is 12.1 Å². The summed E-state index contributed by atoms with van der Waals surface area (Å²) in [6.45, 7) is 0. The highest BCUT2D eigenvalue weighted by Crippen LogP contribution is 2.32. The molecule has 2 atom stereocenters. The van der Waals surface area contributed by atoms with Gasteiger partial charge in [0.2, 0.25) is 0 Å². The number of carbonyl (C=O) groups is 1. The van der Waals surface area contributed by atoms with Crippen LogP contribution in [-0.2, 0) is 9.84 Å². The van der Waals surface area contributed by atoms with Gasteiger partial charge in [-0.05, 0) is 43.0 Å². The summed E-state index contributed by atoms with van der Waals surface area (Å²) in [6, 6.07) is 7.94. The van der Waals surface area contributed by atoms with Crippen molar-refractivity contribution in [2.45, 2.75) is 36.4 Å². The molecule has 3 N–H and O–H groups in total. The number of fused-ring (bicyclic) bond motifs is 1. The number of nitrogens with one attached hydrogen (secondary N) is 1. The van der Waals surface area contributed by atoms with Crippen LogP contribution < -0.4 is 11.1 Å². The summed E-state index contributed by atoms with van der Waals surface area (Å²) < 4.78 is 39.1. The van der Waals surface area contributed by atoms with Gasteiger partial charge in [-0.3, -0.25) is 4.79 Å². The molecule has 9 heteroatoms. The summed E-state index contributed by atoms with van der Waals surface area (Å²) in [5, 5.41) is 7.41. The van der Waals surface area contributed by atoms with E-state index < -0.39 is 21.9 Å². The van der Waals surface area contributed by atoms with E-state index in [4.69, 9.17) is 5.73 Å². The zero-order chi connectivity index (χ0) is 22.8. The lowest BCUT2D eigenvalue weighted by Crippen LogP contribution is -2.27. The van der Waals surface area contributed by atoms with E-state index in [-0.39, 0.29) is 16.5 Å². The Morgan fingerprint density at radius 3 is 2.45 bits per heavy atom. The second-order valence-corrected chi connectivity index (χ2v) is 9.37. The minimum atomic E-state index is -3.28. The van der Waals surface area contributed by atoms with Crippen molar-refractivity contribution in [2.75, 3.05) is 11.6 Å². The molecule has 1 aromatic carbocycles. The number of anilines is 1. The number of halogens is 1. The molecule has 0 aliphatic heterocycles. The molecule has 0 unspecified atom stereocenters. The highest BCUT2D eigenvalue weighted by Gasteiger charge is 2.29. The predicted octanol–water partition coefficient (Wildman–Crippen LogP) is 3.06. The molecule has 1 amide bonds. The van der Waals surface area contributed by atoms with Crippen molar-refractivity contribution >= 4 is 26.9 Å². The summed E-state index contributed by atoms with van der Waals surface area (Å²) in [5.41, 5.74) is 8.35. The number of terminal acetylenes is 1. The Hall–Kier alpha value is -3.38. The van der Waals surface area contributed by atoms with Crippen LogP contribution in [0.4, 0.5) is 10.1 Å². The van der Waals surface area contributed by atoms with Crippen LogP contribution in [-0.4, -0.2) is 42.4 Å². The van der Waals surface area contributed by atoms with E-state index in [9.17, 15) is 17.6 Å². The first-order chi connectivity index (χ1) is 14.7. The van der Waals surface area contributed by atoms with E-state index in [1.807, 2.05) is 6.07 Å². The molecular formula is C22H23FN4O3S. The number of hydrogen-bond donors (Lipinski definition) is 2. The molecule has 1 fully saturated rings. The van der Waals surface area contributed by atoms with Crippen molar-refractivity contribution in [3.8, 4) is 24.0 Å². The zero-order valence-corrected chi connectivity index (χ0v) is 17.8. The first kappa shape index (κ1) is 22.3. The van der Waals surface area contributed by atoms with Crippen molar-refractivity contribution in [1.82, 2.24) is 9.61 Å². The van der Waals surface area contributed by atoms with Gasteiger partial charge in [0.05, 0.1) is 33.9 Å². The topological polar surface area (TPSA) is 107 Å². The monoisotopic (exact) mass is 442 g/mol. The highest BCUT2D eigenvalue weighted by atomic mass is 32.2. The third-order valence-electron chi connectivity index (χ3n) is 5.28. The Morgan fingerprint density at radius 1 is 1.23 bits per heavy atom. The molecule has 1 aliphatic carbocycles. The summed E-state index contributed by atoms with van der Waals surface area (Å²) in [7, 11) is -3.28. The number of aromatic nitrogens is 2. The Balaban J connectivity index is 0.00000132. The molecule has 1 aliphatic rings. The highest BCUT2D eigenvalue weighted by molar-refractivity contribution is 7.90. The number of hydrogen-bond acceptors (Lipinski definition) is 5. The Labute approximate surface area is 180 Å². The molecule has 0 bridgehead atoms. The average molecular weight is 443 g/mol. The van der Waals surface area contributed by atoms with Gasteiger partial charge < -0.3 is 11.1 Å².